The van der Waals surface area contributed by atoms with Crippen LogP contribution in [0.5, 0.6) is 23.0 Å². The minimum atomic E-state index is -2.99. The summed E-state index contributed by atoms with van der Waals surface area (Å²) in [6, 6.07) is 9.05. The van der Waals surface area contributed by atoms with Gasteiger partial charge in [0.05, 0.1) is 13.2 Å². The Morgan fingerprint density at radius 2 is 1.11 bits per heavy atom. The summed E-state index contributed by atoms with van der Waals surface area (Å²) in [5.74, 6) is -0.299. The number of hydrogen-bond acceptors (Lipinski definition) is 5. The van der Waals surface area contributed by atoms with E-state index in [-0.39, 0.29) is 28.8 Å². The lowest BCUT2D eigenvalue weighted by molar-refractivity contribution is -0.121. The normalized spacial score (nSPS) is 17.1. The molecule has 0 saturated heterocycles. The molecular formula is C27H30F4O5. The number of carbonyl (C=O) groups is 1. The van der Waals surface area contributed by atoms with Crippen molar-refractivity contribution in [2.75, 3.05) is 13.2 Å². The van der Waals surface area contributed by atoms with Crippen LogP contribution in [0.15, 0.2) is 36.4 Å². The molecule has 196 valence electrons. The molecule has 2 unspecified atom stereocenters. The first kappa shape index (κ1) is 26.1. The molecule has 0 spiro atoms. The molecule has 0 bridgehead atoms. The SMILES string of the molecule is CC(C(=O)C(C)c1ccc(OC(F)F)c(OCC2CC2)c1)c1ccc(OC(F)F)c(OCC2CC2)c1. The first-order chi connectivity index (χ1) is 17.2. The Balaban J connectivity index is 1.51. The Bertz CT molecular complexity index is 971. The molecule has 4 rings (SSSR count). The Kier molecular flexibility index (Phi) is 8.26. The monoisotopic (exact) mass is 510 g/mol. The Labute approximate surface area is 207 Å². The zero-order valence-corrected chi connectivity index (χ0v) is 20.2. The maximum atomic E-state index is 13.4. The summed E-state index contributed by atoms with van der Waals surface area (Å²) in [5.41, 5.74) is 1.20. The number of alkyl halides is 4. The van der Waals surface area contributed by atoms with Gasteiger partial charge < -0.3 is 18.9 Å². The molecule has 2 saturated carbocycles. The zero-order chi connectivity index (χ0) is 25.8. The fourth-order valence-corrected chi connectivity index (χ4v) is 3.89. The molecule has 2 aromatic carbocycles. The van der Waals surface area contributed by atoms with E-state index >= 15 is 0 Å². The fourth-order valence-electron chi connectivity index (χ4n) is 3.89. The van der Waals surface area contributed by atoms with Gasteiger partial charge in [-0.2, -0.15) is 17.6 Å². The average Bonchev–Trinajstić information content (AvgIpc) is 3.76. The molecule has 36 heavy (non-hydrogen) atoms. The van der Waals surface area contributed by atoms with E-state index in [1.807, 2.05) is 0 Å². The van der Waals surface area contributed by atoms with Crippen molar-refractivity contribution in [3.05, 3.63) is 47.5 Å². The maximum Gasteiger partial charge on any atom is 0.387 e. The Hall–Kier alpha value is -2.97. The number of hydrogen-bond donors (Lipinski definition) is 0. The number of benzene rings is 2. The Morgan fingerprint density at radius 3 is 1.44 bits per heavy atom. The summed E-state index contributed by atoms with van der Waals surface area (Å²) in [6.07, 6.45) is 4.13. The highest BCUT2D eigenvalue weighted by molar-refractivity contribution is 5.91. The van der Waals surface area contributed by atoms with Gasteiger partial charge in [0, 0.05) is 11.8 Å². The first-order valence-corrected chi connectivity index (χ1v) is 12.2. The van der Waals surface area contributed by atoms with Gasteiger partial charge in [0.2, 0.25) is 0 Å². The molecule has 0 heterocycles. The van der Waals surface area contributed by atoms with Crippen molar-refractivity contribution in [3.8, 4) is 23.0 Å². The van der Waals surface area contributed by atoms with E-state index in [0.717, 1.165) is 25.7 Å². The van der Waals surface area contributed by atoms with E-state index in [0.29, 0.717) is 36.2 Å². The maximum absolute atomic E-state index is 13.4. The number of carbonyl (C=O) groups excluding carboxylic acids is 1. The van der Waals surface area contributed by atoms with Crippen LogP contribution in [-0.2, 0) is 4.79 Å². The van der Waals surface area contributed by atoms with Crippen LogP contribution in [0.3, 0.4) is 0 Å². The van der Waals surface area contributed by atoms with Crippen LogP contribution in [-0.4, -0.2) is 32.2 Å². The van der Waals surface area contributed by atoms with Crippen molar-refractivity contribution in [1.29, 1.82) is 0 Å². The summed E-state index contributed by atoms with van der Waals surface area (Å²) < 4.78 is 72.0. The summed E-state index contributed by atoms with van der Waals surface area (Å²) in [4.78, 5) is 13.4. The van der Waals surface area contributed by atoms with Crippen LogP contribution < -0.4 is 18.9 Å². The fraction of sp³-hybridized carbons (Fsp3) is 0.519. The van der Waals surface area contributed by atoms with E-state index < -0.39 is 25.1 Å². The molecule has 2 atom stereocenters. The number of ether oxygens (including phenoxy) is 4. The smallest absolute Gasteiger partial charge is 0.387 e. The average molecular weight is 511 g/mol. The third kappa shape index (κ3) is 7.04. The molecule has 2 aliphatic rings. The molecular weight excluding hydrogens is 480 g/mol. The standard InChI is InChI=1S/C27H30F4O5/c1-15(19-7-9-21(35-26(28)29)23(11-19)33-13-17-3-4-17)25(32)16(2)20-8-10-22(36-27(30)31)24(12-20)34-14-18-5-6-18/h7-12,15-18,26-27H,3-6,13-14H2,1-2H3. The third-order valence-electron chi connectivity index (χ3n) is 6.56. The van der Waals surface area contributed by atoms with E-state index in [2.05, 4.69) is 9.47 Å². The molecule has 2 fully saturated rings. The van der Waals surface area contributed by atoms with Crippen molar-refractivity contribution in [3.63, 3.8) is 0 Å². The van der Waals surface area contributed by atoms with Gasteiger partial charge in [0.25, 0.3) is 0 Å². The lowest BCUT2D eigenvalue weighted by atomic mass is 9.85. The molecule has 2 aliphatic carbocycles. The van der Waals surface area contributed by atoms with Gasteiger partial charge in [-0.15, -0.1) is 0 Å². The molecule has 5 nitrogen and oxygen atoms in total. The summed E-state index contributed by atoms with van der Waals surface area (Å²) in [7, 11) is 0. The van der Waals surface area contributed by atoms with Gasteiger partial charge in [0.1, 0.15) is 5.78 Å². The molecule has 0 radical (unpaired) electrons. The Morgan fingerprint density at radius 1 is 0.722 bits per heavy atom. The second kappa shape index (κ2) is 11.4. The van der Waals surface area contributed by atoms with Crippen LogP contribution in [0.1, 0.15) is 62.5 Å². The van der Waals surface area contributed by atoms with Gasteiger partial charge in [-0.25, -0.2) is 0 Å². The zero-order valence-electron chi connectivity index (χ0n) is 20.2. The van der Waals surface area contributed by atoms with E-state index in [4.69, 9.17) is 9.47 Å². The molecule has 0 N–H and O–H groups in total. The lowest BCUT2D eigenvalue weighted by Gasteiger charge is -2.20. The number of Topliss-reactive ketones (excluding diaryl/α,β-unsaturated/α-hetero) is 1. The van der Waals surface area contributed by atoms with Crippen molar-refractivity contribution < 1.29 is 41.3 Å². The predicted octanol–water partition coefficient (Wildman–Crippen LogP) is 6.94. The van der Waals surface area contributed by atoms with E-state index in [9.17, 15) is 22.4 Å². The summed E-state index contributed by atoms with van der Waals surface area (Å²) >= 11 is 0. The molecule has 0 aromatic heterocycles. The summed E-state index contributed by atoms with van der Waals surface area (Å²) in [5, 5.41) is 0. The quantitative estimate of drug-likeness (QED) is 0.258. The van der Waals surface area contributed by atoms with Gasteiger partial charge in [0.15, 0.2) is 23.0 Å². The molecule has 0 amide bonds. The first-order valence-electron chi connectivity index (χ1n) is 12.2. The second-order valence-corrected chi connectivity index (χ2v) is 9.52. The third-order valence-corrected chi connectivity index (χ3v) is 6.56. The van der Waals surface area contributed by atoms with Gasteiger partial charge in [-0.1, -0.05) is 26.0 Å². The van der Waals surface area contributed by atoms with E-state index in [1.165, 1.54) is 12.1 Å². The number of halogens is 4. The van der Waals surface area contributed by atoms with Gasteiger partial charge in [-0.3, -0.25) is 4.79 Å². The minimum Gasteiger partial charge on any atom is -0.489 e. The highest BCUT2D eigenvalue weighted by atomic mass is 19.3. The van der Waals surface area contributed by atoms with Crippen molar-refractivity contribution >= 4 is 5.78 Å². The van der Waals surface area contributed by atoms with Crippen molar-refractivity contribution in [2.45, 2.75) is 64.6 Å². The van der Waals surface area contributed by atoms with Gasteiger partial charge >= 0.3 is 13.2 Å². The van der Waals surface area contributed by atoms with Crippen LogP contribution in [0, 0.1) is 11.8 Å². The van der Waals surface area contributed by atoms with Gasteiger partial charge in [-0.05, 0) is 72.9 Å². The summed E-state index contributed by atoms with van der Waals surface area (Å²) in [6.45, 7) is -1.73. The van der Waals surface area contributed by atoms with E-state index in [1.54, 1.807) is 38.1 Å². The molecule has 0 aliphatic heterocycles. The number of ketones is 1. The minimum absolute atomic E-state index is 0.0748. The van der Waals surface area contributed by atoms with Crippen LogP contribution >= 0.6 is 0 Å². The van der Waals surface area contributed by atoms with Crippen molar-refractivity contribution in [1.82, 2.24) is 0 Å². The van der Waals surface area contributed by atoms with Crippen LogP contribution in [0.4, 0.5) is 17.6 Å². The largest absolute Gasteiger partial charge is 0.489 e. The highest BCUT2D eigenvalue weighted by Crippen LogP contribution is 2.39. The van der Waals surface area contributed by atoms with Crippen molar-refractivity contribution in [2.24, 2.45) is 11.8 Å². The van der Waals surface area contributed by atoms with Crippen LogP contribution in [0.2, 0.25) is 0 Å². The lowest BCUT2D eigenvalue weighted by Crippen LogP contribution is -2.17. The second-order valence-electron chi connectivity index (χ2n) is 9.52. The molecule has 9 heteroatoms. The topological polar surface area (TPSA) is 54.0 Å². The highest BCUT2D eigenvalue weighted by Gasteiger charge is 2.28. The number of rotatable bonds is 14. The molecule has 2 aromatic rings. The van der Waals surface area contributed by atoms with Crippen LogP contribution in [0.25, 0.3) is 0 Å². The predicted molar refractivity (Wildman–Crippen MR) is 124 cm³/mol.